The van der Waals surface area contributed by atoms with Gasteiger partial charge in [0.05, 0.1) is 29.8 Å². The number of rotatable bonds is 5. The molecule has 194 valence electrons. The lowest BCUT2D eigenvalue weighted by molar-refractivity contribution is 0.0873. The molecule has 5 aromatic rings. The highest BCUT2D eigenvalue weighted by Crippen LogP contribution is 2.30. The summed E-state index contributed by atoms with van der Waals surface area (Å²) in [5, 5.41) is 18.0. The molecule has 9 nitrogen and oxygen atoms in total. The summed E-state index contributed by atoms with van der Waals surface area (Å²) in [5.74, 6) is -2.17. The van der Waals surface area contributed by atoms with E-state index in [1.165, 1.54) is 30.7 Å². The van der Waals surface area contributed by atoms with E-state index in [9.17, 15) is 14.7 Å². The second-order valence-electron chi connectivity index (χ2n) is 9.61. The maximum absolute atomic E-state index is 15.3. The van der Waals surface area contributed by atoms with Crippen LogP contribution in [0.1, 0.15) is 35.2 Å². The average Bonchev–Trinajstić information content (AvgIpc) is 3.62. The zero-order chi connectivity index (χ0) is 26.6. The number of hydrogen-bond donors (Lipinski definition) is 2. The predicted octanol–water partition coefficient (Wildman–Crippen LogP) is 3.02. The summed E-state index contributed by atoms with van der Waals surface area (Å²) in [6, 6.07) is 7.41. The number of carbonyl (C=O) groups excluding carboxylic acids is 1. The number of aliphatic hydroxyl groups is 1. The molecule has 0 saturated heterocycles. The molecule has 1 aliphatic rings. The number of aliphatic hydroxyl groups excluding tert-OH is 1. The van der Waals surface area contributed by atoms with E-state index in [1.807, 2.05) is 6.07 Å². The third kappa shape index (κ3) is 4.04. The highest BCUT2D eigenvalue weighted by Gasteiger charge is 2.28. The molecule has 2 N–H and O–H groups in total. The Morgan fingerprint density at radius 2 is 1.97 bits per heavy atom. The van der Waals surface area contributed by atoms with Gasteiger partial charge in [-0.25, -0.2) is 18.6 Å². The first-order valence-electron chi connectivity index (χ1n) is 12.3. The molecule has 1 fully saturated rings. The van der Waals surface area contributed by atoms with E-state index in [-0.39, 0.29) is 16.8 Å². The Bertz CT molecular complexity index is 1750. The van der Waals surface area contributed by atoms with E-state index in [0.717, 1.165) is 20.8 Å². The number of nitrogens with one attached hydrogen (secondary N) is 1. The van der Waals surface area contributed by atoms with Gasteiger partial charge in [0.1, 0.15) is 11.6 Å². The van der Waals surface area contributed by atoms with Crippen molar-refractivity contribution < 1.29 is 18.7 Å². The van der Waals surface area contributed by atoms with Gasteiger partial charge >= 0.3 is 5.69 Å². The summed E-state index contributed by atoms with van der Waals surface area (Å²) in [6.45, 7) is -0.436. The van der Waals surface area contributed by atoms with Gasteiger partial charge in [0.25, 0.3) is 5.91 Å². The number of imidazole rings is 1. The fourth-order valence-corrected chi connectivity index (χ4v) is 5.19. The maximum atomic E-state index is 15.3. The molecular weight excluding hydrogens is 494 g/mol. The van der Waals surface area contributed by atoms with Crippen molar-refractivity contribution in [2.24, 2.45) is 7.05 Å². The number of carbonyl (C=O) groups is 1. The first-order valence-corrected chi connectivity index (χ1v) is 12.3. The first kappa shape index (κ1) is 24.0. The van der Waals surface area contributed by atoms with E-state index < -0.39 is 41.9 Å². The molecule has 2 atom stereocenters. The van der Waals surface area contributed by atoms with Crippen LogP contribution in [-0.4, -0.2) is 46.9 Å². The number of benzene rings is 2. The fourth-order valence-electron chi connectivity index (χ4n) is 5.19. The summed E-state index contributed by atoms with van der Waals surface area (Å²) in [5.41, 5.74) is 0.946. The van der Waals surface area contributed by atoms with Crippen LogP contribution < -0.4 is 11.0 Å². The van der Waals surface area contributed by atoms with Crippen LogP contribution in [0.4, 0.5) is 8.78 Å². The van der Waals surface area contributed by atoms with Crippen molar-refractivity contribution in [2.75, 3.05) is 0 Å². The van der Waals surface area contributed by atoms with Gasteiger partial charge in [0.15, 0.2) is 5.65 Å². The van der Waals surface area contributed by atoms with E-state index in [0.29, 0.717) is 29.5 Å². The molecule has 38 heavy (non-hydrogen) atoms. The Labute approximate surface area is 215 Å². The zero-order valence-corrected chi connectivity index (χ0v) is 20.4. The van der Waals surface area contributed by atoms with E-state index in [1.54, 1.807) is 30.1 Å². The summed E-state index contributed by atoms with van der Waals surface area (Å²) in [7, 11) is 1.77. The van der Waals surface area contributed by atoms with Crippen molar-refractivity contribution >= 4 is 22.5 Å². The van der Waals surface area contributed by atoms with Gasteiger partial charge in [0, 0.05) is 42.8 Å². The standard InChI is InChI=1S/C27H24F2N6O3/c1-33-12-17-16(4-2-5-22(17)32-33)15-10-20(28)18(21(29)11-15)13-34-14-19(25-30-8-9-35(25)27(34)38)26(37)31-23-6-3-7-24(23)36/h2,4-5,8-12,14,23-24,36H,3,6-7,13H2,1H3,(H,31,37)/t23-,24-/m0/s1. The Morgan fingerprint density at radius 1 is 1.18 bits per heavy atom. The summed E-state index contributed by atoms with van der Waals surface area (Å²) in [4.78, 5) is 30.3. The first-order chi connectivity index (χ1) is 18.3. The predicted molar refractivity (Wildman–Crippen MR) is 136 cm³/mol. The fraction of sp³-hybridized carbons (Fsp3) is 0.259. The van der Waals surface area contributed by atoms with Crippen LogP contribution in [0.5, 0.6) is 0 Å². The number of amides is 1. The molecule has 3 heterocycles. The van der Waals surface area contributed by atoms with Crippen molar-refractivity contribution in [1.82, 2.24) is 29.0 Å². The molecule has 0 radical (unpaired) electrons. The van der Waals surface area contributed by atoms with Crippen LogP contribution >= 0.6 is 0 Å². The monoisotopic (exact) mass is 518 g/mol. The minimum absolute atomic E-state index is 0.0643. The van der Waals surface area contributed by atoms with Crippen molar-refractivity contribution in [3.05, 3.63) is 88.4 Å². The molecule has 11 heteroatoms. The Hall–Kier alpha value is -4.38. The van der Waals surface area contributed by atoms with Gasteiger partial charge in [-0.3, -0.25) is 18.4 Å². The Balaban J connectivity index is 1.38. The lowest BCUT2D eigenvalue weighted by Gasteiger charge is -2.17. The van der Waals surface area contributed by atoms with Crippen LogP contribution in [0.15, 0.2) is 59.9 Å². The zero-order valence-electron chi connectivity index (χ0n) is 20.4. The molecule has 3 aromatic heterocycles. The lowest BCUT2D eigenvalue weighted by atomic mass is 10.00. The molecule has 0 unspecified atom stereocenters. The van der Waals surface area contributed by atoms with Gasteiger partial charge in [-0.1, -0.05) is 12.1 Å². The third-order valence-electron chi connectivity index (χ3n) is 7.10. The molecule has 2 aromatic carbocycles. The molecule has 1 aliphatic carbocycles. The smallest absolute Gasteiger partial charge is 0.334 e. The van der Waals surface area contributed by atoms with Gasteiger partial charge < -0.3 is 10.4 Å². The molecule has 0 bridgehead atoms. The molecule has 0 spiro atoms. The Kier molecular flexibility index (Phi) is 5.79. The number of hydrogen-bond acceptors (Lipinski definition) is 5. The lowest BCUT2D eigenvalue weighted by Crippen LogP contribution is -2.41. The van der Waals surface area contributed by atoms with E-state index >= 15 is 8.78 Å². The third-order valence-corrected chi connectivity index (χ3v) is 7.10. The second kappa shape index (κ2) is 9.18. The average molecular weight is 519 g/mol. The molecule has 0 aliphatic heterocycles. The van der Waals surface area contributed by atoms with Crippen molar-refractivity contribution in [2.45, 2.75) is 38.0 Å². The highest BCUT2D eigenvalue weighted by molar-refractivity contribution is 5.99. The molecule has 1 amide bonds. The molecule has 6 rings (SSSR count). The Morgan fingerprint density at radius 3 is 2.71 bits per heavy atom. The summed E-state index contributed by atoms with van der Waals surface area (Å²) in [6.07, 6.45) is 7.15. The van der Waals surface area contributed by atoms with Crippen LogP contribution in [0, 0.1) is 11.6 Å². The van der Waals surface area contributed by atoms with Gasteiger partial charge in [-0.2, -0.15) is 5.10 Å². The maximum Gasteiger partial charge on any atom is 0.334 e. The largest absolute Gasteiger partial charge is 0.391 e. The highest BCUT2D eigenvalue weighted by atomic mass is 19.1. The molecular formula is C27H24F2N6O3. The summed E-state index contributed by atoms with van der Waals surface area (Å²) >= 11 is 0. The van der Waals surface area contributed by atoms with Gasteiger partial charge in [-0.15, -0.1) is 0 Å². The summed E-state index contributed by atoms with van der Waals surface area (Å²) < 4.78 is 34.6. The number of aromatic nitrogens is 5. The SMILES string of the molecule is Cn1cc2c(-c3cc(F)c(Cn4cc(C(=O)N[C@H]5CCC[C@@H]5O)c5nccn5c4=O)c(F)c3)cccc2n1. The van der Waals surface area contributed by atoms with E-state index in [2.05, 4.69) is 15.4 Å². The van der Waals surface area contributed by atoms with Crippen LogP contribution in [-0.2, 0) is 13.6 Å². The second-order valence-corrected chi connectivity index (χ2v) is 9.61. The number of nitrogens with zero attached hydrogens (tertiary/aromatic N) is 5. The normalized spacial score (nSPS) is 17.5. The quantitative estimate of drug-likeness (QED) is 0.372. The van der Waals surface area contributed by atoms with Crippen LogP contribution in [0.25, 0.3) is 27.7 Å². The van der Waals surface area contributed by atoms with Gasteiger partial charge in [0.2, 0.25) is 0 Å². The minimum Gasteiger partial charge on any atom is -0.391 e. The number of halogens is 2. The van der Waals surface area contributed by atoms with Crippen LogP contribution in [0.2, 0.25) is 0 Å². The molecule has 1 saturated carbocycles. The van der Waals surface area contributed by atoms with Crippen molar-refractivity contribution in [3.63, 3.8) is 0 Å². The van der Waals surface area contributed by atoms with Crippen LogP contribution in [0.3, 0.4) is 0 Å². The van der Waals surface area contributed by atoms with Gasteiger partial charge in [-0.05, 0) is 48.6 Å². The number of fused-ring (bicyclic) bond motifs is 2. The van der Waals surface area contributed by atoms with Crippen molar-refractivity contribution in [3.8, 4) is 11.1 Å². The minimum atomic E-state index is -0.821. The van der Waals surface area contributed by atoms with Crippen molar-refractivity contribution in [1.29, 1.82) is 0 Å². The van der Waals surface area contributed by atoms with E-state index in [4.69, 9.17) is 0 Å². The topological polar surface area (TPSA) is 106 Å². The number of aryl methyl sites for hydroxylation is 1.